The molecule has 4 heteroatoms. The second kappa shape index (κ2) is 7.30. The molecule has 0 aliphatic carbocycles. The van der Waals surface area contributed by atoms with E-state index >= 15 is 0 Å². The molecule has 2 rings (SSSR count). The number of hydrogen-bond acceptors (Lipinski definition) is 3. The van der Waals surface area contributed by atoms with E-state index in [9.17, 15) is 0 Å². The van der Waals surface area contributed by atoms with Gasteiger partial charge in [-0.15, -0.1) is 0 Å². The van der Waals surface area contributed by atoms with Gasteiger partial charge in [0, 0.05) is 43.3 Å². The first-order valence-electron chi connectivity index (χ1n) is 7.41. The van der Waals surface area contributed by atoms with Gasteiger partial charge >= 0.3 is 0 Å². The van der Waals surface area contributed by atoms with Gasteiger partial charge in [0.25, 0.3) is 0 Å². The van der Waals surface area contributed by atoms with Gasteiger partial charge in [-0.05, 0) is 30.5 Å². The number of rotatable bonds is 5. The lowest BCUT2D eigenvalue weighted by Gasteiger charge is -2.28. The van der Waals surface area contributed by atoms with E-state index in [0.717, 1.165) is 55.7 Å². The van der Waals surface area contributed by atoms with E-state index in [-0.39, 0.29) is 0 Å². The van der Waals surface area contributed by atoms with Crippen molar-refractivity contribution in [3.8, 4) is 5.75 Å². The maximum Gasteiger partial charge on any atom is 0.124 e. The van der Waals surface area contributed by atoms with Gasteiger partial charge in [0.1, 0.15) is 5.75 Å². The van der Waals surface area contributed by atoms with Gasteiger partial charge in [-0.2, -0.15) is 0 Å². The first kappa shape index (κ1) is 15.6. The second-order valence-electron chi connectivity index (χ2n) is 5.94. The summed E-state index contributed by atoms with van der Waals surface area (Å²) in [5, 5.41) is 4.20. The third-order valence-corrected chi connectivity index (χ3v) is 3.92. The van der Waals surface area contributed by atoms with Crippen LogP contribution < -0.4 is 10.1 Å². The zero-order valence-electron chi connectivity index (χ0n) is 12.7. The van der Waals surface area contributed by atoms with Gasteiger partial charge in [0.05, 0.1) is 6.61 Å². The van der Waals surface area contributed by atoms with Crippen molar-refractivity contribution >= 4 is 11.6 Å². The highest BCUT2D eigenvalue weighted by Crippen LogP contribution is 2.28. The molecule has 1 N–H and O–H groups in total. The maximum absolute atomic E-state index is 6.28. The van der Waals surface area contributed by atoms with Crippen LogP contribution in [0, 0.1) is 12.8 Å². The molecular formula is C16H25ClN2O. The predicted octanol–water partition coefficient (Wildman–Crippen LogP) is 3.09. The highest BCUT2D eigenvalue weighted by molar-refractivity contribution is 6.31. The topological polar surface area (TPSA) is 24.5 Å². The van der Waals surface area contributed by atoms with E-state index in [1.54, 1.807) is 0 Å². The molecule has 0 saturated carbocycles. The summed E-state index contributed by atoms with van der Waals surface area (Å²) < 4.78 is 5.98. The monoisotopic (exact) mass is 296 g/mol. The van der Waals surface area contributed by atoms with E-state index in [2.05, 4.69) is 36.2 Å². The average molecular weight is 297 g/mol. The molecular weight excluding hydrogens is 272 g/mol. The summed E-state index contributed by atoms with van der Waals surface area (Å²) in [5.74, 6) is 1.51. The summed E-state index contributed by atoms with van der Waals surface area (Å²) >= 11 is 6.28. The van der Waals surface area contributed by atoms with Gasteiger partial charge in [-0.1, -0.05) is 25.4 Å². The van der Waals surface area contributed by atoms with Crippen LogP contribution >= 0.6 is 11.6 Å². The molecule has 1 saturated heterocycles. The SMILES string of the molecule is Cc1cc(OCC(C)C)c(CN2CCNCC2)cc1Cl. The number of hydrogen-bond donors (Lipinski definition) is 1. The predicted molar refractivity (Wildman–Crippen MR) is 84.7 cm³/mol. The maximum atomic E-state index is 6.28. The van der Waals surface area contributed by atoms with Crippen molar-refractivity contribution in [3.63, 3.8) is 0 Å². The highest BCUT2D eigenvalue weighted by atomic mass is 35.5. The average Bonchev–Trinajstić information content (AvgIpc) is 2.42. The van der Waals surface area contributed by atoms with Crippen molar-refractivity contribution in [2.24, 2.45) is 5.92 Å². The zero-order valence-corrected chi connectivity index (χ0v) is 13.5. The molecule has 0 spiro atoms. The second-order valence-corrected chi connectivity index (χ2v) is 6.35. The molecule has 1 fully saturated rings. The van der Waals surface area contributed by atoms with Crippen molar-refractivity contribution in [2.75, 3.05) is 32.8 Å². The Morgan fingerprint density at radius 1 is 1.30 bits per heavy atom. The molecule has 112 valence electrons. The lowest BCUT2D eigenvalue weighted by atomic mass is 10.1. The number of nitrogens with zero attached hydrogens (tertiary/aromatic N) is 1. The Balaban J connectivity index is 2.13. The van der Waals surface area contributed by atoms with Gasteiger partial charge in [0.2, 0.25) is 0 Å². The fourth-order valence-electron chi connectivity index (χ4n) is 2.32. The van der Waals surface area contributed by atoms with Gasteiger partial charge in [0.15, 0.2) is 0 Å². The molecule has 3 nitrogen and oxygen atoms in total. The van der Waals surface area contributed by atoms with E-state index in [1.165, 1.54) is 5.56 Å². The molecule has 0 bridgehead atoms. The molecule has 1 aliphatic heterocycles. The Morgan fingerprint density at radius 2 is 2.00 bits per heavy atom. The third kappa shape index (κ3) is 4.37. The first-order valence-corrected chi connectivity index (χ1v) is 7.79. The van der Waals surface area contributed by atoms with Crippen LogP contribution in [0.4, 0.5) is 0 Å². The Kier molecular flexibility index (Phi) is 5.70. The van der Waals surface area contributed by atoms with Crippen molar-refractivity contribution < 1.29 is 4.74 Å². The standard InChI is InChI=1S/C16H25ClN2O/c1-12(2)11-20-16-8-13(3)15(17)9-14(16)10-19-6-4-18-5-7-19/h8-9,12,18H,4-7,10-11H2,1-3H3. The minimum absolute atomic E-state index is 0.526. The Morgan fingerprint density at radius 3 is 2.65 bits per heavy atom. The number of ether oxygens (including phenoxy) is 1. The van der Waals surface area contributed by atoms with Crippen molar-refractivity contribution in [1.29, 1.82) is 0 Å². The highest BCUT2D eigenvalue weighted by Gasteiger charge is 2.14. The summed E-state index contributed by atoms with van der Waals surface area (Å²) in [5.41, 5.74) is 2.28. The van der Waals surface area contributed by atoms with Crippen LogP contribution in [0.25, 0.3) is 0 Å². The van der Waals surface area contributed by atoms with Crippen LogP contribution in [0.3, 0.4) is 0 Å². The molecule has 1 heterocycles. The summed E-state index contributed by atoms with van der Waals surface area (Å²) in [6, 6.07) is 4.14. The Labute approximate surface area is 127 Å². The van der Waals surface area contributed by atoms with E-state index < -0.39 is 0 Å². The molecule has 0 amide bonds. The van der Waals surface area contributed by atoms with Crippen LogP contribution in [0.15, 0.2) is 12.1 Å². The fourth-order valence-corrected chi connectivity index (χ4v) is 2.51. The van der Waals surface area contributed by atoms with Crippen molar-refractivity contribution in [3.05, 3.63) is 28.3 Å². The van der Waals surface area contributed by atoms with Crippen LogP contribution in [-0.4, -0.2) is 37.7 Å². The van der Waals surface area contributed by atoms with Gasteiger partial charge in [-0.25, -0.2) is 0 Å². The largest absolute Gasteiger partial charge is 0.493 e. The van der Waals surface area contributed by atoms with Crippen LogP contribution in [0.2, 0.25) is 5.02 Å². The lowest BCUT2D eigenvalue weighted by molar-refractivity contribution is 0.223. The van der Waals surface area contributed by atoms with Crippen molar-refractivity contribution in [1.82, 2.24) is 10.2 Å². The molecule has 1 aromatic carbocycles. The van der Waals surface area contributed by atoms with Crippen molar-refractivity contribution in [2.45, 2.75) is 27.3 Å². The fraction of sp³-hybridized carbons (Fsp3) is 0.625. The lowest BCUT2D eigenvalue weighted by Crippen LogP contribution is -2.42. The summed E-state index contributed by atoms with van der Waals surface area (Å²) in [6.45, 7) is 12.3. The van der Waals surface area contributed by atoms with E-state index in [1.807, 2.05) is 6.92 Å². The van der Waals surface area contributed by atoms with E-state index in [4.69, 9.17) is 16.3 Å². The molecule has 0 aromatic heterocycles. The minimum Gasteiger partial charge on any atom is -0.493 e. The van der Waals surface area contributed by atoms with Crippen LogP contribution in [-0.2, 0) is 6.54 Å². The van der Waals surface area contributed by atoms with Crippen LogP contribution in [0.1, 0.15) is 25.0 Å². The molecule has 1 aromatic rings. The molecule has 20 heavy (non-hydrogen) atoms. The number of halogens is 1. The first-order chi connectivity index (χ1) is 9.56. The Hall–Kier alpha value is -0.770. The molecule has 1 aliphatic rings. The van der Waals surface area contributed by atoms with Gasteiger partial charge in [-0.3, -0.25) is 4.90 Å². The van der Waals surface area contributed by atoms with E-state index in [0.29, 0.717) is 5.92 Å². The normalized spacial score (nSPS) is 16.6. The minimum atomic E-state index is 0.526. The molecule has 0 unspecified atom stereocenters. The van der Waals surface area contributed by atoms with Crippen LogP contribution in [0.5, 0.6) is 5.75 Å². The summed E-state index contributed by atoms with van der Waals surface area (Å²) in [6.07, 6.45) is 0. The van der Waals surface area contributed by atoms with Gasteiger partial charge < -0.3 is 10.1 Å². The number of piperazine rings is 1. The Bertz CT molecular complexity index is 442. The summed E-state index contributed by atoms with van der Waals surface area (Å²) in [4.78, 5) is 2.44. The number of aryl methyl sites for hydroxylation is 1. The number of nitrogens with one attached hydrogen (secondary N) is 1. The third-order valence-electron chi connectivity index (χ3n) is 3.52. The molecule has 0 atom stereocenters. The zero-order chi connectivity index (χ0) is 14.5. The summed E-state index contributed by atoms with van der Waals surface area (Å²) in [7, 11) is 0. The molecule has 0 radical (unpaired) electrons. The number of benzene rings is 1. The smallest absolute Gasteiger partial charge is 0.124 e. The quantitative estimate of drug-likeness (QED) is 0.904.